The summed E-state index contributed by atoms with van der Waals surface area (Å²) in [6.07, 6.45) is 4.27. The van der Waals surface area contributed by atoms with Crippen LogP contribution in [0.4, 0.5) is 5.82 Å². The van der Waals surface area contributed by atoms with Gasteiger partial charge in [0.2, 0.25) is 0 Å². The number of fused-ring (bicyclic) bond motifs is 2. The predicted octanol–water partition coefficient (Wildman–Crippen LogP) is 1.41. The van der Waals surface area contributed by atoms with E-state index in [1.807, 2.05) is 6.07 Å². The molecule has 2 aliphatic heterocycles. The van der Waals surface area contributed by atoms with Crippen molar-refractivity contribution >= 4 is 11.8 Å². The lowest BCUT2D eigenvalue weighted by Gasteiger charge is -2.23. The Morgan fingerprint density at radius 1 is 1.38 bits per heavy atom. The fraction of sp³-hybridized carbons (Fsp3) is 0.625. The maximum atomic E-state index is 11.6. The number of likely N-dealkylation sites (tertiary alicyclic amines) is 1. The fourth-order valence-corrected chi connectivity index (χ4v) is 4.20. The molecule has 0 radical (unpaired) electrons. The zero-order valence-corrected chi connectivity index (χ0v) is 12.4. The third-order valence-electron chi connectivity index (χ3n) is 5.39. The molecule has 1 aliphatic carbocycles. The molecule has 5 heteroatoms. The Hall–Kier alpha value is -1.62. The minimum atomic E-state index is -0.849. The molecule has 0 saturated carbocycles. The first-order chi connectivity index (χ1) is 10.1. The highest BCUT2D eigenvalue weighted by Gasteiger charge is 2.41. The van der Waals surface area contributed by atoms with Gasteiger partial charge in [-0.1, -0.05) is 0 Å². The van der Waals surface area contributed by atoms with Crippen LogP contribution in [-0.2, 0) is 12.8 Å². The van der Waals surface area contributed by atoms with Gasteiger partial charge in [0.25, 0.3) is 0 Å². The molecule has 112 valence electrons. The molecule has 5 nitrogen and oxygen atoms in total. The SMILES string of the molecule is CN1CC[C@H]2CN(c3nc4c(cc3C(=O)O)CCC4)C[C@H]21. The number of carboxylic acid groups (broad SMARTS) is 1. The molecule has 3 heterocycles. The Morgan fingerprint density at radius 3 is 3.00 bits per heavy atom. The lowest BCUT2D eigenvalue weighted by atomic mass is 10.1. The van der Waals surface area contributed by atoms with Gasteiger partial charge in [0.15, 0.2) is 0 Å². The van der Waals surface area contributed by atoms with Crippen LogP contribution in [0.25, 0.3) is 0 Å². The summed E-state index contributed by atoms with van der Waals surface area (Å²) in [6.45, 7) is 3.01. The number of rotatable bonds is 2. The van der Waals surface area contributed by atoms with Crippen LogP contribution in [0.2, 0.25) is 0 Å². The van der Waals surface area contributed by atoms with E-state index < -0.39 is 5.97 Å². The standard InChI is InChI=1S/C16H21N3O2/c1-18-6-5-11-8-19(9-14(11)18)15-12(16(20)21)7-10-3-2-4-13(10)17-15/h7,11,14H,2-6,8-9H2,1H3,(H,20,21)/t11-,14+/m0/s1. The van der Waals surface area contributed by atoms with Crippen LogP contribution in [0, 0.1) is 5.92 Å². The molecule has 0 amide bonds. The van der Waals surface area contributed by atoms with Gasteiger partial charge < -0.3 is 14.9 Å². The van der Waals surface area contributed by atoms with Crippen molar-refractivity contribution < 1.29 is 9.90 Å². The molecule has 1 aromatic heterocycles. The normalized spacial score (nSPS) is 28.0. The van der Waals surface area contributed by atoms with Gasteiger partial charge in [-0.3, -0.25) is 0 Å². The van der Waals surface area contributed by atoms with Gasteiger partial charge in [0, 0.05) is 24.8 Å². The van der Waals surface area contributed by atoms with Gasteiger partial charge in [-0.15, -0.1) is 0 Å². The zero-order chi connectivity index (χ0) is 14.6. The third-order valence-corrected chi connectivity index (χ3v) is 5.39. The Morgan fingerprint density at radius 2 is 2.24 bits per heavy atom. The molecule has 1 aromatic rings. The number of pyridine rings is 1. The lowest BCUT2D eigenvalue weighted by molar-refractivity contribution is 0.0697. The van der Waals surface area contributed by atoms with Crippen LogP contribution in [0.5, 0.6) is 0 Å². The average Bonchev–Trinajstić information content (AvgIpc) is 3.14. The molecule has 0 aromatic carbocycles. The Kier molecular flexibility index (Phi) is 2.92. The van der Waals surface area contributed by atoms with E-state index in [1.54, 1.807) is 0 Å². The van der Waals surface area contributed by atoms with E-state index in [0.29, 0.717) is 23.3 Å². The Bertz CT molecular complexity index is 601. The number of carbonyl (C=O) groups is 1. The zero-order valence-electron chi connectivity index (χ0n) is 12.4. The third kappa shape index (κ3) is 2.02. The molecule has 4 rings (SSSR count). The number of hydrogen-bond donors (Lipinski definition) is 1. The van der Waals surface area contributed by atoms with Crippen molar-refractivity contribution in [2.24, 2.45) is 5.92 Å². The fourth-order valence-electron chi connectivity index (χ4n) is 4.20. The molecule has 1 N–H and O–H groups in total. The summed E-state index contributed by atoms with van der Waals surface area (Å²) in [7, 11) is 2.17. The predicted molar refractivity (Wildman–Crippen MR) is 80.0 cm³/mol. The van der Waals surface area contributed by atoms with Crippen molar-refractivity contribution in [1.82, 2.24) is 9.88 Å². The number of aromatic nitrogens is 1. The Labute approximate surface area is 124 Å². The maximum absolute atomic E-state index is 11.6. The van der Waals surface area contributed by atoms with Crippen LogP contribution in [0.15, 0.2) is 6.07 Å². The van der Waals surface area contributed by atoms with Gasteiger partial charge in [0.05, 0.1) is 0 Å². The molecule has 2 fully saturated rings. The highest BCUT2D eigenvalue weighted by atomic mass is 16.4. The van der Waals surface area contributed by atoms with E-state index in [4.69, 9.17) is 4.98 Å². The highest BCUT2D eigenvalue weighted by molar-refractivity contribution is 5.93. The summed E-state index contributed by atoms with van der Waals surface area (Å²) < 4.78 is 0. The quantitative estimate of drug-likeness (QED) is 0.891. The maximum Gasteiger partial charge on any atom is 0.339 e. The lowest BCUT2D eigenvalue weighted by Crippen LogP contribution is -2.33. The van der Waals surface area contributed by atoms with Gasteiger partial charge in [0.1, 0.15) is 11.4 Å². The minimum absolute atomic E-state index is 0.387. The summed E-state index contributed by atoms with van der Waals surface area (Å²) in [5.74, 6) is 0.510. The Balaban J connectivity index is 1.70. The van der Waals surface area contributed by atoms with E-state index in [2.05, 4.69) is 16.8 Å². The largest absolute Gasteiger partial charge is 0.478 e. The summed E-state index contributed by atoms with van der Waals surface area (Å²) in [5.41, 5.74) is 2.63. The van der Waals surface area contributed by atoms with Crippen molar-refractivity contribution in [3.63, 3.8) is 0 Å². The van der Waals surface area contributed by atoms with Crippen molar-refractivity contribution in [3.8, 4) is 0 Å². The average molecular weight is 287 g/mol. The van der Waals surface area contributed by atoms with E-state index >= 15 is 0 Å². The highest BCUT2D eigenvalue weighted by Crippen LogP contribution is 2.35. The number of aryl methyl sites for hydroxylation is 2. The van der Waals surface area contributed by atoms with Crippen LogP contribution < -0.4 is 4.90 Å². The van der Waals surface area contributed by atoms with Gasteiger partial charge in [-0.25, -0.2) is 9.78 Å². The van der Waals surface area contributed by atoms with Gasteiger partial charge in [-0.2, -0.15) is 0 Å². The van der Waals surface area contributed by atoms with Crippen LogP contribution in [0.3, 0.4) is 0 Å². The second-order valence-electron chi connectivity index (χ2n) is 6.63. The molecule has 2 atom stereocenters. The summed E-state index contributed by atoms with van der Waals surface area (Å²) in [5, 5.41) is 9.54. The van der Waals surface area contributed by atoms with Crippen molar-refractivity contribution in [3.05, 3.63) is 22.9 Å². The van der Waals surface area contributed by atoms with Crippen molar-refractivity contribution in [2.75, 3.05) is 31.6 Å². The number of anilines is 1. The van der Waals surface area contributed by atoms with Crippen LogP contribution >= 0.6 is 0 Å². The summed E-state index contributed by atoms with van der Waals surface area (Å²) in [4.78, 5) is 21.0. The first-order valence-electron chi connectivity index (χ1n) is 7.85. The molecular weight excluding hydrogens is 266 g/mol. The topological polar surface area (TPSA) is 56.7 Å². The molecule has 21 heavy (non-hydrogen) atoms. The van der Waals surface area contributed by atoms with E-state index in [-0.39, 0.29) is 0 Å². The number of hydrogen-bond acceptors (Lipinski definition) is 4. The summed E-state index contributed by atoms with van der Waals surface area (Å²) >= 11 is 0. The molecule has 3 aliphatic rings. The first-order valence-corrected chi connectivity index (χ1v) is 7.85. The molecule has 0 spiro atoms. The van der Waals surface area contributed by atoms with Crippen LogP contribution in [-0.4, -0.2) is 53.7 Å². The smallest absolute Gasteiger partial charge is 0.339 e. The van der Waals surface area contributed by atoms with E-state index in [0.717, 1.165) is 50.2 Å². The molecule has 2 saturated heterocycles. The summed E-state index contributed by atoms with van der Waals surface area (Å²) in [6, 6.07) is 2.42. The van der Waals surface area contributed by atoms with Crippen LogP contribution in [0.1, 0.15) is 34.5 Å². The number of aromatic carboxylic acids is 1. The van der Waals surface area contributed by atoms with Crippen molar-refractivity contribution in [1.29, 1.82) is 0 Å². The molecule has 0 unspecified atom stereocenters. The molecule has 0 bridgehead atoms. The van der Waals surface area contributed by atoms with E-state index in [9.17, 15) is 9.90 Å². The second-order valence-corrected chi connectivity index (χ2v) is 6.63. The molecular formula is C16H21N3O2. The second kappa shape index (κ2) is 4.70. The minimum Gasteiger partial charge on any atom is -0.478 e. The number of likely N-dealkylation sites (N-methyl/N-ethyl adjacent to an activating group) is 1. The van der Waals surface area contributed by atoms with Gasteiger partial charge >= 0.3 is 5.97 Å². The first kappa shape index (κ1) is 13.1. The monoisotopic (exact) mass is 287 g/mol. The van der Waals surface area contributed by atoms with Crippen molar-refractivity contribution in [2.45, 2.75) is 31.7 Å². The number of nitrogens with zero attached hydrogens (tertiary/aromatic N) is 3. The van der Waals surface area contributed by atoms with E-state index in [1.165, 1.54) is 6.42 Å². The van der Waals surface area contributed by atoms with Gasteiger partial charge in [-0.05, 0) is 56.8 Å². The number of carboxylic acids is 1.